The number of halogens is 4. The molecule has 6 nitrogen and oxygen atoms in total. The minimum Gasteiger partial charge on any atom is -0.382 e. The molecule has 0 atom stereocenters. The van der Waals surface area contributed by atoms with Crippen molar-refractivity contribution in [3.05, 3.63) is 29.3 Å². The Morgan fingerprint density at radius 1 is 1.23 bits per heavy atom. The Kier molecular flexibility index (Phi) is 6.91. The van der Waals surface area contributed by atoms with Gasteiger partial charge in [0, 0.05) is 23.7 Å². The number of benzene rings is 1. The second-order valence-electron chi connectivity index (χ2n) is 7.40. The third-order valence-electron chi connectivity index (χ3n) is 5.22. The highest BCUT2D eigenvalue weighted by Crippen LogP contribution is 2.36. The lowest BCUT2D eigenvalue weighted by molar-refractivity contribution is -0.139. The molecule has 1 saturated heterocycles. The second-order valence-corrected chi connectivity index (χ2v) is 8.46. The number of hydrogen-bond acceptors (Lipinski definition) is 6. The van der Waals surface area contributed by atoms with E-state index < -0.39 is 12.7 Å². The number of hydrogen-bond donors (Lipinski definition) is 2. The summed E-state index contributed by atoms with van der Waals surface area (Å²) in [5, 5.41) is 13.4. The average molecular weight is 461 g/mol. The van der Waals surface area contributed by atoms with Crippen molar-refractivity contribution < 1.29 is 13.2 Å². The Morgan fingerprint density at radius 2 is 1.97 bits per heavy atom. The first-order chi connectivity index (χ1) is 13.8. The number of aromatic nitrogens is 3. The van der Waals surface area contributed by atoms with Gasteiger partial charge in [0.25, 0.3) is 0 Å². The monoisotopic (exact) mass is 460 g/mol. The van der Waals surface area contributed by atoms with Crippen LogP contribution in [0.25, 0.3) is 21.6 Å². The van der Waals surface area contributed by atoms with E-state index in [1.165, 1.54) is 15.9 Å². The molecular weight excluding hydrogens is 437 g/mol. The van der Waals surface area contributed by atoms with E-state index in [0.29, 0.717) is 27.3 Å². The molecule has 164 valence electrons. The summed E-state index contributed by atoms with van der Waals surface area (Å²) in [6.07, 6.45) is -2.35. The summed E-state index contributed by atoms with van der Waals surface area (Å²) < 4.78 is 41.3. The summed E-state index contributed by atoms with van der Waals surface area (Å²) in [4.78, 5) is 2.28. The Balaban J connectivity index is 0.00000256. The summed E-state index contributed by atoms with van der Waals surface area (Å²) in [5.41, 5.74) is 7.39. The Hall–Kier alpha value is -1.88. The van der Waals surface area contributed by atoms with E-state index >= 15 is 0 Å². The molecule has 11 heteroatoms. The molecule has 3 aromatic rings. The van der Waals surface area contributed by atoms with Crippen molar-refractivity contribution in [3.63, 3.8) is 0 Å². The molecule has 0 unspecified atom stereocenters. The van der Waals surface area contributed by atoms with Gasteiger partial charge < -0.3 is 20.5 Å². The van der Waals surface area contributed by atoms with Gasteiger partial charge >= 0.3 is 6.18 Å². The topological polar surface area (TPSA) is 72.0 Å². The first-order valence-electron chi connectivity index (χ1n) is 9.51. The van der Waals surface area contributed by atoms with Gasteiger partial charge in [-0.15, -0.1) is 22.6 Å². The fourth-order valence-electron chi connectivity index (χ4n) is 3.75. The lowest BCUT2D eigenvalue weighted by Crippen LogP contribution is -2.36. The van der Waals surface area contributed by atoms with Crippen LogP contribution in [0, 0.1) is 0 Å². The summed E-state index contributed by atoms with van der Waals surface area (Å²) in [7, 11) is 2.10. The van der Waals surface area contributed by atoms with E-state index in [0.717, 1.165) is 37.0 Å². The average Bonchev–Trinajstić information content (AvgIpc) is 3.28. The molecule has 0 amide bonds. The van der Waals surface area contributed by atoms with Gasteiger partial charge in [-0.05, 0) is 51.2 Å². The smallest absolute Gasteiger partial charge is 0.382 e. The molecule has 1 aliphatic rings. The van der Waals surface area contributed by atoms with Crippen LogP contribution < -0.4 is 11.1 Å². The van der Waals surface area contributed by atoms with Gasteiger partial charge in [-0.2, -0.15) is 13.2 Å². The van der Waals surface area contributed by atoms with Crippen molar-refractivity contribution in [1.82, 2.24) is 19.7 Å². The van der Waals surface area contributed by atoms with Crippen LogP contribution >= 0.6 is 23.7 Å². The highest BCUT2D eigenvalue weighted by atomic mass is 35.5. The van der Waals surface area contributed by atoms with Crippen molar-refractivity contribution in [2.24, 2.45) is 5.73 Å². The molecular formula is C19H24ClF3N6S. The van der Waals surface area contributed by atoms with E-state index in [4.69, 9.17) is 5.73 Å². The maximum Gasteiger partial charge on any atom is 0.406 e. The first kappa shape index (κ1) is 22.8. The minimum atomic E-state index is -4.35. The fourth-order valence-corrected chi connectivity index (χ4v) is 4.49. The van der Waals surface area contributed by atoms with Crippen LogP contribution in [0.2, 0.25) is 0 Å². The predicted molar refractivity (Wildman–Crippen MR) is 116 cm³/mol. The van der Waals surface area contributed by atoms with Gasteiger partial charge in [0.15, 0.2) is 5.01 Å². The number of anilines is 1. The highest BCUT2D eigenvalue weighted by Gasteiger charge is 2.31. The van der Waals surface area contributed by atoms with E-state index in [2.05, 4.69) is 27.5 Å². The van der Waals surface area contributed by atoms with Gasteiger partial charge in [-0.3, -0.25) is 0 Å². The molecule has 4 rings (SSSR count). The van der Waals surface area contributed by atoms with E-state index in [9.17, 15) is 13.2 Å². The van der Waals surface area contributed by atoms with Crippen LogP contribution in [0.15, 0.2) is 24.3 Å². The molecule has 0 spiro atoms. The molecule has 3 N–H and O–H groups in total. The summed E-state index contributed by atoms with van der Waals surface area (Å²) in [5.74, 6) is 0. The summed E-state index contributed by atoms with van der Waals surface area (Å²) >= 11 is 1.22. The van der Waals surface area contributed by atoms with Crippen LogP contribution in [-0.4, -0.2) is 52.0 Å². The van der Waals surface area contributed by atoms with Crippen LogP contribution in [0.4, 0.5) is 18.9 Å². The lowest BCUT2D eigenvalue weighted by atomic mass is 10.0. The molecule has 3 heterocycles. The fraction of sp³-hybridized carbons (Fsp3) is 0.474. The van der Waals surface area contributed by atoms with Crippen LogP contribution in [0.1, 0.15) is 17.8 Å². The Bertz CT molecular complexity index is 994. The third-order valence-corrected chi connectivity index (χ3v) is 6.19. The molecule has 0 aliphatic carbocycles. The van der Waals surface area contributed by atoms with Crippen LogP contribution in [0.5, 0.6) is 0 Å². The second kappa shape index (κ2) is 9.09. The van der Waals surface area contributed by atoms with Gasteiger partial charge in [0.1, 0.15) is 11.6 Å². The number of alkyl halides is 3. The molecule has 0 bridgehead atoms. The van der Waals surface area contributed by atoms with Crippen molar-refractivity contribution in [2.75, 3.05) is 25.5 Å². The van der Waals surface area contributed by atoms with Crippen molar-refractivity contribution >= 4 is 40.3 Å². The third kappa shape index (κ3) is 4.88. The SMILES string of the molecule is CN1CCC(Nc2cccc3c2cc(-c2nnc(CN)s2)n3CC(F)(F)F)CC1.Cl. The van der Waals surface area contributed by atoms with Crippen molar-refractivity contribution in [3.8, 4) is 10.7 Å². The largest absolute Gasteiger partial charge is 0.406 e. The Labute approximate surface area is 182 Å². The van der Waals surface area contributed by atoms with Gasteiger partial charge in [-0.1, -0.05) is 17.4 Å². The maximum absolute atomic E-state index is 13.3. The molecule has 1 aliphatic heterocycles. The number of piperidine rings is 1. The zero-order chi connectivity index (χ0) is 20.6. The number of nitrogens with zero attached hydrogens (tertiary/aromatic N) is 4. The quantitative estimate of drug-likeness (QED) is 0.599. The normalized spacial score (nSPS) is 16.0. The molecule has 2 aromatic heterocycles. The molecule has 1 fully saturated rings. The van der Waals surface area contributed by atoms with E-state index in [1.54, 1.807) is 18.2 Å². The van der Waals surface area contributed by atoms with Crippen LogP contribution in [-0.2, 0) is 13.1 Å². The van der Waals surface area contributed by atoms with Crippen molar-refractivity contribution in [1.29, 1.82) is 0 Å². The van der Waals surface area contributed by atoms with Crippen molar-refractivity contribution in [2.45, 2.75) is 38.1 Å². The van der Waals surface area contributed by atoms with Gasteiger partial charge in [-0.25, -0.2) is 0 Å². The number of fused-ring (bicyclic) bond motifs is 1. The standard InChI is InChI=1S/C19H23F3N6S.ClH/c1-27-7-5-12(6-8-27)24-14-3-2-4-15-13(14)9-16(28(15)11-19(20,21)22)18-26-25-17(10-23)29-18;/h2-4,9,12,24H,5-8,10-11,23H2,1H3;1H. The zero-order valence-electron chi connectivity index (χ0n) is 16.4. The summed E-state index contributed by atoms with van der Waals surface area (Å²) in [6.45, 7) is 1.13. The zero-order valence-corrected chi connectivity index (χ0v) is 18.1. The van der Waals surface area contributed by atoms with E-state index in [1.807, 2.05) is 6.07 Å². The minimum absolute atomic E-state index is 0. The molecule has 1 aromatic carbocycles. The molecule has 30 heavy (non-hydrogen) atoms. The van der Waals surface area contributed by atoms with Gasteiger partial charge in [0.05, 0.1) is 11.2 Å². The van der Waals surface area contributed by atoms with E-state index in [-0.39, 0.29) is 19.0 Å². The van der Waals surface area contributed by atoms with Gasteiger partial charge in [0.2, 0.25) is 0 Å². The van der Waals surface area contributed by atoms with Crippen LogP contribution in [0.3, 0.4) is 0 Å². The molecule has 0 saturated carbocycles. The maximum atomic E-state index is 13.3. The number of likely N-dealkylation sites (tertiary alicyclic amines) is 1. The number of rotatable bonds is 5. The highest BCUT2D eigenvalue weighted by molar-refractivity contribution is 7.14. The summed E-state index contributed by atoms with van der Waals surface area (Å²) in [6, 6.07) is 7.51. The number of nitrogens with one attached hydrogen (secondary N) is 1. The first-order valence-corrected chi connectivity index (χ1v) is 10.3. The lowest BCUT2D eigenvalue weighted by Gasteiger charge is -2.30. The molecule has 0 radical (unpaired) electrons. The Morgan fingerprint density at radius 3 is 2.60 bits per heavy atom. The predicted octanol–water partition coefficient (Wildman–Crippen LogP) is 4.11. The number of nitrogens with two attached hydrogens (primary N) is 1.